The molecule has 0 fully saturated rings. The molecule has 9 heteroatoms. The first-order valence-electron chi connectivity index (χ1n) is 9.07. The molecule has 2 heterocycles. The Morgan fingerprint density at radius 2 is 1.76 bits per heavy atom. The van der Waals surface area contributed by atoms with Crippen LogP contribution in [0.4, 0.5) is 0 Å². The number of aromatic nitrogens is 5. The fourth-order valence-corrected chi connectivity index (χ4v) is 3.07. The van der Waals surface area contributed by atoms with Gasteiger partial charge in [0.2, 0.25) is 5.91 Å². The van der Waals surface area contributed by atoms with Crippen molar-refractivity contribution in [2.75, 3.05) is 0 Å². The number of benzene rings is 2. The Balaban J connectivity index is 1.56. The van der Waals surface area contributed by atoms with Crippen molar-refractivity contribution >= 4 is 16.9 Å². The van der Waals surface area contributed by atoms with Crippen LogP contribution in [0.5, 0.6) is 0 Å². The molecule has 0 spiro atoms. The van der Waals surface area contributed by atoms with Crippen molar-refractivity contribution in [1.82, 2.24) is 30.5 Å². The van der Waals surface area contributed by atoms with Gasteiger partial charge in [0.05, 0.1) is 11.0 Å². The van der Waals surface area contributed by atoms with Gasteiger partial charge in [-0.15, -0.1) is 0 Å². The average molecular weight is 390 g/mol. The highest BCUT2D eigenvalue weighted by atomic mass is 16.2. The summed E-state index contributed by atoms with van der Waals surface area (Å²) in [5.74, 6) is 0.345. The minimum Gasteiger partial charge on any atom is -0.342 e. The van der Waals surface area contributed by atoms with Crippen molar-refractivity contribution in [3.05, 3.63) is 92.5 Å². The molecule has 1 amide bonds. The Hall–Kier alpha value is -4.01. The van der Waals surface area contributed by atoms with E-state index in [1.807, 2.05) is 54.6 Å². The van der Waals surface area contributed by atoms with E-state index in [1.165, 1.54) is 0 Å². The monoisotopic (exact) mass is 390 g/mol. The first-order chi connectivity index (χ1) is 14.1. The molecule has 4 N–H and O–H groups in total. The zero-order valence-electron chi connectivity index (χ0n) is 15.3. The van der Waals surface area contributed by atoms with Crippen molar-refractivity contribution in [3.63, 3.8) is 0 Å². The molecule has 4 rings (SSSR count). The summed E-state index contributed by atoms with van der Waals surface area (Å²) in [5.41, 5.74) is 1.37. The number of nitrogens with zero attached hydrogens (tertiary/aromatic N) is 2. The third-order valence-corrected chi connectivity index (χ3v) is 4.49. The summed E-state index contributed by atoms with van der Waals surface area (Å²) in [6.45, 7) is 0. The lowest BCUT2D eigenvalue weighted by atomic mass is 10.1. The molecule has 0 bridgehead atoms. The van der Waals surface area contributed by atoms with Crippen LogP contribution in [-0.4, -0.2) is 31.1 Å². The molecule has 0 aliphatic rings. The van der Waals surface area contributed by atoms with Gasteiger partial charge in [-0.25, -0.2) is 14.9 Å². The molecule has 29 heavy (non-hydrogen) atoms. The Morgan fingerprint density at radius 1 is 1.00 bits per heavy atom. The Kier molecular flexibility index (Phi) is 5.02. The number of amides is 1. The largest absolute Gasteiger partial charge is 0.342 e. The number of hydrogen-bond acceptors (Lipinski definition) is 5. The van der Waals surface area contributed by atoms with E-state index in [2.05, 4.69) is 30.5 Å². The molecule has 0 aliphatic carbocycles. The van der Waals surface area contributed by atoms with Crippen molar-refractivity contribution in [2.24, 2.45) is 0 Å². The summed E-state index contributed by atoms with van der Waals surface area (Å²) in [6, 6.07) is 16.7. The second-order valence-electron chi connectivity index (χ2n) is 6.50. The Labute approximate surface area is 164 Å². The van der Waals surface area contributed by atoms with Crippen molar-refractivity contribution < 1.29 is 4.79 Å². The van der Waals surface area contributed by atoms with Gasteiger partial charge in [0.15, 0.2) is 0 Å². The second kappa shape index (κ2) is 7.93. The van der Waals surface area contributed by atoms with Crippen molar-refractivity contribution in [1.29, 1.82) is 0 Å². The summed E-state index contributed by atoms with van der Waals surface area (Å²) in [6.07, 6.45) is 0.130. The van der Waals surface area contributed by atoms with Crippen LogP contribution in [-0.2, 0) is 11.2 Å². The second-order valence-corrected chi connectivity index (χ2v) is 6.50. The van der Waals surface area contributed by atoms with Gasteiger partial charge in [0, 0.05) is 12.8 Å². The van der Waals surface area contributed by atoms with Gasteiger partial charge in [0.25, 0.3) is 5.56 Å². The van der Waals surface area contributed by atoms with E-state index >= 15 is 0 Å². The van der Waals surface area contributed by atoms with Gasteiger partial charge in [-0.1, -0.05) is 42.5 Å². The zero-order chi connectivity index (χ0) is 20.2. The summed E-state index contributed by atoms with van der Waals surface area (Å²) < 4.78 is 0. The number of carbonyl (C=O) groups excluding carboxylic acids is 1. The predicted molar refractivity (Wildman–Crippen MR) is 106 cm³/mol. The summed E-state index contributed by atoms with van der Waals surface area (Å²) >= 11 is 0. The van der Waals surface area contributed by atoms with Gasteiger partial charge in [-0.2, -0.15) is 5.10 Å². The van der Waals surface area contributed by atoms with E-state index < -0.39 is 17.3 Å². The molecule has 9 nitrogen and oxygen atoms in total. The summed E-state index contributed by atoms with van der Waals surface area (Å²) in [7, 11) is 0. The lowest BCUT2D eigenvalue weighted by Gasteiger charge is -2.17. The molecular formula is C20H18N6O3. The number of rotatable bonds is 6. The van der Waals surface area contributed by atoms with Crippen LogP contribution in [0, 0.1) is 0 Å². The highest BCUT2D eigenvalue weighted by Gasteiger charge is 2.20. The first kappa shape index (κ1) is 18.4. The van der Waals surface area contributed by atoms with Crippen LogP contribution >= 0.6 is 0 Å². The molecule has 4 aromatic rings. The van der Waals surface area contributed by atoms with Gasteiger partial charge >= 0.3 is 5.69 Å². The number of imidazole rings is 1. The van der Waals surface area contributed by atoms with Crippen LogP contribution in [0.25, 0.3) is 11.0 Å². The van der Waals surface area contributed by atoms with E-state index in [-0.39, 0.29) is 24.4 Å². The molecule has 0 saturated heterocycles. The van der Waals surface area contributed by atoms with Crippen molar-refractivity contribution in [2.45, 2.75) is 18.9 Å². The molecule has 2 aromatic carbocycles. The minimum atomic E-state index is -0.683. The molecule has 146 valence electrons. The number of hydrogen-bond donors (Lipinski definition) is 4. The topological polar surface area (TPSA) is 136 Å². The van der Waals surface area contributed by atoms with Crippen LogP contribution in [0.15, 0.2) is 64.2 Å². The molecule has 1 atom stereocenters. The van der Waals surface area contributed by atoms with Crippen LogP contribution in [0.2, 0.25) is 0 Å². The number of nitrogens with one attached hydrogen (secondary N) is 4. The van der Waals surface area contributed by atoms with E-state index in [4.69, 9.17) is 0 Å². The molecule has 0 radical (unpaired) electrons. The minimum absolute atomic E-state index is 0.0334. The van der Waals surface area contributed by atoms with E-state index in [0.717, 1.165) is 16.6 Å². The number of fused-ring (bicyclic) bond motifs is 1. The molecule has 0 aliphatic heterocycles. The highest BCUT2D eigenvalue weighted by molar-refractivity contribution is 5.78. The fourth-order valence-electron chi connectivity index (χ4n) is 3.07. The van der Waals surface area contributed by atoms with Crippen LogP contribution < -0.4 is 16.6 Å². The van der Waals surface area contributed by atoms with E-state index in [1.54, 1.807) is 0 Å². The highest BCUT2D eigenvalue weighted by Crippen LogP contribution is 2.22. The maximum atomic E-state index is 12.6. The molecule has 2 aromatic heterocycles. The number of carbonyl (C=O) groups is 1. The third-order valence-electron chi connectivity index (χ3n) is 4.49. The normalized spacial score (nSPS) is 12.0. The van der Waals surface area contributed by atoms with Gasteiger partial charge in [0.1, 0.15) is 17.6 Å². The van der Waals surface area contributed by atoms with Crippen LogP contribution in [0.3, 0.4) is 0 Å². The summed E-state index contributed by atoms with van der Waals surface area (Å²) in [4.78, 5) is 45.3. The molecular weight excluding hydrogens is 372 g/mol. The first-order valence-corrected chi connectivity index (χ1v) is 9.07. The Morgan fingerprint density at radius 3 is 2.52 bits per heavy atom. The number of aryl methyl sites for hydroxylation is 1. The lowest BCUT2D eigenvalue weighted by Crippen LogP contribution is -2.32. The number of aromatic amines is 3. The zero-order valence-corrected chi connectivity index (χ0v) is 15.3. The third kappa shape index (κ3) is 4.13. The predicted octanol–water partition coefficient (Wildman–Crippen LogP) is 1.17. The molecule has 0 saturated carbocycles. The van der Waals surface area contributed by atoms with Crippen molar-refractivity contribution in [3.8, 4) is 0 Å². The SMILES string of the molecule is O=C(CCc1n[nH]c(=O)[nH]c1=O)N[C@H](c1ccccc1)c1nc2ccccc2[nH]1. The van der Waals surface area contributed by atoms with Gasteiger partial charge < -0.3 is 10.3 Å². The standard InChI is InChI=1S/C20H18N6O3/c27-16(11-10-15-19(28)24-20(29)26-25-15)23-17(12-6-2-1-3-7-12)18-21-13-8-4-5-9-14(13)22-18/h1-9,17H,10-11H2,(H,21,22)(H,23,27)(H2,24,26,28,29)/t17-/m1/s1. The number of para-hydroxylation sites is 2. The van der Waals surface area contributed by atoms with Crippen LogP contribution in [0.1, 0.15) is 29.5 Å². The lowest BCUT2D eigenvalue weighted by molar-refractivity contribution is -0.121. The maximum Gasteiger partial charge on any atom is 0.342 e. The van der Waals surface area contributed by atoms with E-state index in [9.17, 15) is 14.4 Å². The summed E-state index contributed by atoms with van der Waals surface area (Å²) in [5, 5.41) is 8.83. The number of H-pyrrole nitrogens is 3. The van der Waals surface area contributed by atoms with Gasteiger partial charge in [-0.3, -0.25) is 14.6 Å². The van der Waals surface area contributed by atoms with Gasteiger partial charge in [-0.05, 0) is 17.7 Å². The maximum absolute atomic E-state index is 12.6. The smallest absolute Gasteiger partial charge is 0.342 e. The van der Waals surface area contributed by atoms with E-state index in [0.29, 0.717) is 5.82 Å². The average Bonchev–Trinajstić information content (AvgIpc) is 3.16. The molecule has 0 unspecified atom stereocenters. The quantitative estimate of drug-likeness (QED) is 0.392. The Bertz CT molecular complexity index is 1230. The fraction of sp³-hybridized carbons (Fsp3) is 0.150.